The summed E-state index contributed by atoms with van der Waals surface area (Å²) >= 11 is 1.55. The van der Waals surface area contributed by atoms with E-state index in [0.717, 1.165) is 60.0 Å². The summed E-state index contributed by atoms with van der Waals surface area (Å²) in [5.41, 5.74) is 2.68. The lowest BCUT2D eigenvalue weighted by Crippen LogP contribution is -2.47. The highest BCUT2D eigenvalue weighted by Crippen LogP contribution is 2.33. The van der Waals surface area contributed by atoms with Crippen LogP contribution in [0.15, 0.2) is 82.7 Å². The molecule has 8 heteroatoms. The molecule has 2 aliphatic rings. The molecule has 2 N–H and O–H groups in total. The molecule has 0 bridgehead atoms. The SMILES string of the molecule is C=C(C1=C(N(C)C2CCN(C(=O)C=CI)CC2)NC=IC1=N)c1ccc(Oc2ccccc2)cc1. The summed E-state index contributed by atoms with van der Waals surface area (Å²) in [5, 5.41) is 12.2. The van der Waals surface area contributed by atoms with Crippen molar-refractivity contribution < 1.29 is 9.53 Å². The lowest BCUT2D eigenvalue weighted by atomic mass is 9.98. The highest BCUT2D eigenvalue weighted by atomic mass is 127. The number of halogens is 2. The van der Waals surface area contributed by atoms with Gasteiger partial charge in [-0.2, -0.15) is 0 Å². The van der Waals surface area contributed by atoms with E-state index < -0.39 is 20.7 Å². The first-order valence-electron chi connectivity index (χ1n) is 11.3. The van der Waals surface area contributed by atoms with E-state index in [9.17, 15) is 4.79 Å². The highest BCUT2D eigenvalue weighted by molar-refractivity contribution is 14.2. The zero-order valence-electron chi connectivity index (χ0n) is 19.5. The molecule has 0 atom stereocenters. The van der Waals surface area contributed by atoms with Crippen molar-refractivity contribution in [1.82, 2.24) is 15.1 Å². The Bertz CT molecular complexity index is 1180. The summed E-state index contributed by atoms with van der Waals surface area (Å²) < 4.78 is 10.4. The Morgan fingerprint density at radius 1 is 1.17 bits per heavy atom. The van der Waals surface area contributed by atoms with Gasteiger partial charge in [0.2, 0.25) is 5.91 Å². The van der Waals surface area contributed by atoms with Crippen molar-refractivity contribution in [2.24, 2.45) is 0 Å². The van der Waals surface area contributed by atoms with Crippen molar-refractivity contribution in [2.75, 3.05) is 20.1 Å². The fourth-order valence-corrected chi connectivity index (χ4v) is 6.19. The lowest BCUT2D eigenvalue weighted by molar-refractivity contribution is -0.127. The van der Waals surface area contributed by atoms with Crippen LogP contribution in [0.2, 0.25) is 0 Å². The summed E-state index contributed by atoms with van der Waals surface area (Å²) in [7, 11) is 2.07. The maximum absolute atomic E-state index is 12.2. The van der Waals surface area contributed by atoms with Crippen molar-refractivity contribution in [3.8, 4) is 11.5 Å². The second kappa shape index (κ2) is 12.0. The van der Waals surface area contributed by atoms with Gasteiger partial charge in [-0.1, -0.05) is 59.5 Å². The third-order valence-corrected chi connectivity index (χ3v) is 8.32. The number of carbonyl (C=O) groups is 1. The Hall–Kier alpha value is -2.47. The van der Waals surface area contributed by atoms with Crippen LogP contribution >= 0.6 is 43.3 Å². The predicted octanol–water partition coefficient (Wildman–Crippen LogP) is 5.89. The third kappa shape index (κ3) is 6.21. The molecular weight excluding hydrogens is 666 g/mol. The minimum Gasteiger partial charge on any atom is -0.457 e. The molecule has 0 radical (unpaired) electrons. The molecule has 2 aromatic rings. The van der Waals surface area contributed by atoms with Crippen LogP contribution < -0.4 is 10.1 Å². The van der Waals surface area contributed by atoms with E-state index in [1.54, 1.807) is 10.2 Å². The van der Waals surface area contributed by atoms with Crippen LogP contribution in [-0.4, -0.2) is 49.7 Å². The number of likely N-dealkylation sites (tertiary alicyclic amines) is 1. The maximum Gasteiger partial charge on any atom is 0.247 e. The van der Waals surface area contributed by atoms with E-state index in [1.807, 2.05) is 63.6 Å². The molecule has 1 amide bonds. The molecule has 1 saturated heterocycles. The number of amides is 1. The van der Waals surface area contributed by atoms with Crippen LogP contribution in [0, 0.1) is 5.41 Å². The predicted molar refractivity (Wildman–Crippen MR) is 160 cm³/mol. The number of para-hydroxylation sites is 1. The Balaban J connectivity index is 1.50. The number of carbonyl (C=O) groups excluding carboxylic acids is 1. The summed E-state index contributed by atoms with van der Waals surface area (Å²) in [6.07, 6.45) is 3.39. The number of rotatable bonds is 7. The van der Waals surface area contributed by atoms with E-state index in [1.165, 1.54) is 0 Å². The summed E-state index contributed by atoms with van der Waals surface area (Å²) in [5.74, 6) is 2.55. The van der Waals surface area contributed by atoms with Gasteiger partial charge in [0.25, 0.3) is 0 Å². The Morgan fingerprint density at radius 2 is 1.83 bits per heavy atom. The first kappa shape index (κ1) is 25.6. The second-order valence-corrected chi connectivity index (χ2v) is 11.3. The molecule has 0 aliphatic carbocycles. The number of piperidine rings is 1. The molecule has 2 heterocycles. The molecule has 6 nitrogen and oxygen atoms in total. The van der Waals surface area contributed by atoms with E-state index in [-0.39, 0.29) is 11.9 Å². The molecule has 35 heavy (non-hydrogen) atoms. The molecule has 2 aromatic carbocycles. The zero-order valence-corrected chi connectivity index (χ0v) is 23.8. The van der Waals surface area contributed by atoms with Gasteiger partial charge in [0.05, 0.1) is 9.29 Å². The van der Waals surface area contributed by atoms with Crippen molar-refractivity contribution in [2.45, 2.75) is 18.9 Å². The third-order valence-electron chi connectivity index (χ3n) is 6.18. The van der Waals surface area contributed by atoms with E-state index >= 15 is 0 Å². The van der Waals surface area contributed by atoms with Crippen LogP contribution in [-0.2, 0) is 4.79 Å². The Kier molecular flexibility index (Phi) is 8.77. The number of ether oxygens (including phenoxy) is 1. The molecule has 1 fully saturated rings. The molecular formula is C27H28I2N4O2. The highest BCUT2D eigenvalue weighted by Gasteiger charge is 2.29. The second-order valence-electron chi connectivity index (χ2n) is 8.28. The first-order valence-corrected chi connectivity index (χ1v) is 14.9. The summed E-state index contributed by atoms with van der Waals surface area (Å²) in [4.78, 5) is 16.3. The fourth-order valence-electron chi connectivity index (χ4n) is 4.23. The van der Waals surface area contributed by atoms with Crippen LogP contribution in [0.1, 0.15) is 18.4 Å². The molecule has 0 spiro atoms. The standard InChI is InChI=1S/C27H28I2N4O2/c1-19(20-8-10-23(11-9-20)35-22-6-4-3-5-7-22)25-26(30)29-18-31-27(25)32(2)21-13-16-33(17-14-21)24(34)12-15-28/h3-12,15,18,21,30-31H,1,13-14,16-17H2,2H3. The van der Waals surface area contributed by atoms with Gasteiger partial charge in [-0.15, -0.1) is 0 Å². The van der Waals surface area contributed by atoms with Crippen molar-refractivity contribution in [3.63, 3.8) is 0 Å². The molecule has 0 saturated carbocycles. The van der Waals surface area contributed by atoms with Gasteiger partial charge >= 0.3 is 0 Å². The van der Waals surface area contributed by atoms with Crippen molar-refractivity contribution >= 4 is 62.7 Å². The molecule has 2 aliphatic heterocycles. The minimum absolute atomic E-state index is 0.0733. The van der Waals surface area contributed by atoms with Gasteiger partial charge in [-0.05, 0) is 73.1 Å². The van der Waals surface area contributed by atoms with Crippen molar-refractivity contribution in [3.05, 3.63) is 88.3 Å². The summed E-state index contributed by atoms with van der Waals surface area (Å²) in [6, 6.07) is 17.9. The van der Waals surface area contributed by atoms with Gasteiger partial charge < -0.3 is 19.9 Å². The average Bonchev–Trinajstić information content (AvgIpc) is 2.89. The van der Waals surface area contributed by atoms with Crippen LogP contribution in [0.5, 0.6) is 11.5 Å². The lowest BCUT2D eigenvalue weighted by Gasteiger charge is -2.39. The zero-order chi connectivity index (χ0) is 24.8. The quantitative estimate of drug-likeness (QED) is 0.281. The average molecular weight is 694 g/mol. The first-order chi connectivity index (χ1) is 17.0. The Morgan fingerprint density at radius 3 is 2.49 bits per heavy atom. The monoisotopic (exact) mass is 694 g/mol. The Labute approximate surface area is 230 Å². The smallest absolute Gasteiger partial charge is 0.247 e. The minimum atomic E-state index is -0.530. The van der Waals surface area contributed by atoms with Crippen LogP contribution in [0.25, 0.3) is 5.57 Å². The van der Waals surface area contributed by atoms with Crippen LogP contribution in [0.4, 0.5) is 0 Å². The van der Waals surface area contributed by atoms with Gasteiger partial charge in [-0.3, -0.25) is 10.2 Å². The fraction of sp³-hybridized carbons (Fsp3) is 0.222. The van der Waals surface area contributed by atoms with Crippen LogP contribution in [0.3, 0.4) is 0 Å². The number of nitrogens with zero attached hydrogens (tertiary/aromatic N) is 2. The number of hydrogen-bond donors (Lipinski definition) is 2. The molecule has 4 rings (SSSR count). The van der Waals surface area contributed by atoms with Gasteiger partial charge in [0.1, 0.15) is 17.3 Å². The topological polar surface area (TPSA) is 68.7 Å². The molecule has 0 unspecified atom stereocenters. The molecule has 0 aromatic heterocycles. The number of benzene rings is 2. The largest absolute Gasteiger partial charge is 0.457 e. The number of allylic oxidation sites excluding steroid dienone is 2. The maximum atomic E-state index is 12.2. The van der Waals surface area contributed by atoms with Crippen molar-refractivity contribution in [1.29, 1.82) is 5.41 Å². The summed E-state index contributed by atoms with van der Waals surface area (Å²) in [6.45, 7) is 5.85. The van der Waals surface area contributed by atoms with Gasteiger partial charge in [0, 0.05) is 36.4 Å². The molecule has 182 valence electrons. The normalized spacial score (nSPS) is 16.6. The van der Waals surface area contributed by atoms with E-state index in [4.69, 9.17) is 10.1 Å². The van der Waals surface area contributed by atoms with Gasteiger partial charge in [0.15, 0.2) is 0 Å². The van der Waals surface area contributed by atoms with E-state index in [0.29, 0.717) is 3.72 Å². The van der Waals surface area contributed by atoms with E-state index in [2.05, 4.69) is 46.4 Å². The number of nitrogens with one attached hydrogen (secondary N) is 2. The number of hydrogen-bond acceptors (Lipinski definition) is 5. The van der Waals surface area contributed by atoms with Gasteiger partial charge in [-0.25, -0.2) is 0 Å².